The Kier molecular flexibility index (Phi) is 4.18. The molecule has 0 radical (unpaired) electrons. The first-order valence-electron chi connectivity index (χ1n) is 5.98. The summed E-state index contributed by atoms with van der Waals surface area (Å²) in [5.74, 6) is -0.305. The minimum absolute atomic E-state index is 0.195. The molecule has 116 valence electrons. The van der Waals surface area contributed by atoms with E-state index in [1.54, 1.807) is 18.2 Å². The van der Waals surface area contributed by atoms with Crippen LogP contribution in [0.4, 0.5) is 11.4 Å². The summed E-state index contributed by atoms with van der Waals surface area (Å²) < 4.78 is 31.9. The molecule has 0 unspecified atom stereocenters. The van der Waals surface area contributed by atoms with Crippen molar-refractivity contribution < 1.29 is 23.2 Å². The number of methoxy groups -OCH3 is 1. The van der Waals surface area contributed by atoms with E-state index in [0.29, 0.717) is 5.75 Å². The maximum Gasteiger partial charge on any atom is 0.312 e. The number of nitrogens with one attached hydrogen (secondary N) is 1. The van der Waals surface area contributed by atoms with Gasteiger partial charge in [-0.1, -0.05) is 12.1 Å². The average molecular weight is 324 g/mol. The van der Waals surface area contributed by atoms with Gasteiger partial charge in [-0.2, -0.15) is 0 Å². The highest BCUT2D eigenvalue weighted by atomic mass is 32.2. The summed E-state index contributed by atoms with van der Waals surface area (Å²) in [6.07, 6.45) is 0. The summed E-state index contributed by atoms with van der Waals surface area (Å²) in [5, 5.41) is 20.1. The molecule has 8 nitrogen and oxygen atoms in total. The summed E-state index contributed by atoms with van der Waals surface area (Å²) in [6, 6.07) is 9.14. The number of para-hydroxylation sites is 2. The molecule has 2 rings (SSSR count). The van der Waals surface area contributed by atoms with Gasteiger partial charge in [-0.3, -0.25) is 14.8 Å². The number of anilines is 1. The van der Waals surface area contributed by atoms with Crippen LogP contribution in [0.15, 0.2) is 47.4 Å². The fourth-order valence-electron chi connectivity index (χ4n) is 1.75. The molecule has 0 aliphatic carbocycles. The van der Waals surface area contributed by atoms with E-state index in [4.69, 9.17) is 4.74 Å². The summed E-state index contributed by atoms with van der Waals surface area (Å²) >= 11 is 0. The normalized spacial score (nSPS) is 11.0. The quantitative estimate of drug-likeness (QED) is 0.642. The fourth-order valence-corrected chi connectivity index (χ4v) is 2.84. The van der Waals surface area contributed by atoms with Crippen LogP contribution in [0.5, 0.6) is 11.5 Å². The number of rotatable bonds is 5. The molecule has 2 N–H and O–H groups in total. The Morgan fingerprint density at radius 2 is 1.91 bits per heavy atom. The Morgan fingerprint density at radius 3 is 2.55 bits per heavy atom. The average Bonchev–Trinajstić information content (AvgIpc) is 2.47. The molecule has 0 heterocycles. The van der Waals surface area contributed by atoms with Crippen LogP contribution in [-0.4, -0.2) is 25.6 Å². The molecule has 0 saturated carbocycles. The minimum atomic E-state index is -4.06. The van der Waals surface area contributed by atoms with Gasteiger partial charge in [0.1, 0.15) is 5.75 Å². The second-order valence-electron chi connectivity index (χ2n) is 4.21. The highest BCUT2D eigenvalue weighted by molar-refractivity contribution is 7.92. The van der Waals surface area contributed by atoms with E-state index >= 15 is 0 Å². The topological polar surface area (TPSA) is 119 Å². The highest BCUT2D eigenvalue weighted by Gasteiger charge is 2.22. The van der Waals surface area contributed by atoms with Crippen molar-refractivity contribution in [2.24, 2.45) is 0 Å². The van der Waals surface area contributed by atoms with Crippen molar-refractivity contribution in [3.05, 3.63) is 52.6 Å². The van der Waals surface area contributed by atoms with Gasteiger partial charge in [0.05, 0.1) is 22.6 Å². The zero-order valence-electron chi connectivity index (χ0n) is 11.4. The van der Waals surface area contributed by atoms with E-state index in [0.717, 1.165) is 18.2 Å². The molecule has 0 aliphatic heterocycles. The molecule has 9 heteroatoms. The molecular formula is C13H12N2O6S. The second kappa shape index (κ2) is 5.90. The van der Waals surface area contributed by atoms with Crippen LogP contribution in [0.3, 0.4) is 0 Å². The maximum atomic E-state index is 12.3. The van der Waals surface area contributed by atoms with Crippen molar-refractivity contribution in [1.82, 2.24) is 0 Å². The number of benzene rings is 2. The third kappa shape index (κ3) is 3.09. The van der Waals surface area contributed by atoms with E-state index < -0.39 is 26.4 Å². The number of nitro benzene ring substituents is 1. The predicted octanol–water partition coefficient (Wildman–Crippen LogP) is 2.11. The molecule has 0 saturated heterocycles. The van der Waals surface area contributed by atoms with Crippen LogP contribution in [0.25, 0.3) is 0 Å². The lowest BCUT2D eigenvalue weighted by Gasteiger charge is -2.11. The summed E-state index contributed by atoms with van der Waals surface area (Å²) in [5.41, 5.74) is -0.497. The molecule has 0 fully saturated rings. The third-order valence-electron chi connectivity index (χ3n) is 2.81. The van der Waals surface area contributed by atoms with E-state index in [9.17, 15) is 23.6 Å². The monoisotopic (exact) mass is 324 g/mol. The van der Waals surface area contributed by atoms with Gasteiger partial charge in [-0.25, -0.2) is 8.42 Å². The van der Waals surface area contributed by atoms with Crippen molar-refractivity contribution in [1.29, 1.82) is 0 Å². The van der Waals surface area contributed by atoms with Crippen molar-refractivity contribution >= 4 is 21.4 Å². The Labute approximate surface area is 126 Å². The van der Waals surface area contributed by atoms with Gasteiger partial charge in [-0.15, -0.1) is 0 Å². The SMILES string of the molecule is COc1ccccc1NS(=O)(=O)c1ccc(O)c([N+](=O)[O-])c1. The lowest BCUT2D eigenvalue weighted by molar-refractivity contribution is -0.386. The number of nitrogens with zero attached hydrogens (tertiary/aromatic N) is 1. The first-order chi connectivity index (χ1) is 10.3. The van der Waals surface area contributed by atoms with E-state index in [-0.39, 0.29) is 10.6 Å². The predicted molar refractivity (Wildman–Crippen MR) is 78.6 cm³/mol. The molecular weight excluding hydrogens is 312 g/mol. The van der Waals surface area contributed by atoms with Crippen molar-refractivity contribution in [2.45, 2.75) is 4.90 Å². The zero-order valence-corrected chi connectivity index (χ0v) is 12.2. The molecule has 0 aromatic heterocycles. The number of aromatic hydroxyl groups is 1. The lowest BCUT2D eigenvalue weighted by atomic mass is 10.3. The van der Waals surface area contributed by atoms with E-state index in [1.807, 2.05) is 0 Å². The maximum absolute atomic E-state index is 12.3. The number of phenols is 1. The van der Waals surface area contributed by atoms with Crippen LogP contribution in [0.1, 0.15) is 0 Å². The van der Waals surface area contributed by atoms with Crippen LogP contribution >= 0.6 is 0 Å². The number of phenolic OH excluding ortho intramolecular Hbond substituents is 1. The fraction of sp³-hybridized carbons (Fsp3) is 0.0769. The van der Waals surface area contributed by atoms with E-state index in [1.165, 1.54) is 13.2 Å². The number of sulfonamides is 1. The Hall–Kier alpha value is -2.81. The Morgan fingerprint density at radius 1 is 1.23 bits per heavy atom. The van der Waals surface area contributed by atoms with Crippen LogP contribution in [-0.2, 0) is 10.0 Å². The van der Waals surface area contributed by atoms with Crippen LogP contribution < -0.4 is 9.46 Å². The van der Waals surface area contributed by atoms with Crippen LogP contribution in [0, 0.1) is 10.1 Å². The smallest absolute Gasteiger partial charge is 0.312 e. The van der Waals surface area contributed by atoms with Crippen molar-refractivity contribution in [2.75, 3.05) is 11.8 Å². The van der Waals surface area contributed by atoms with Gasteiger partial charge in [0.25, 0.3) is 10.0 Å². The lowest BCUT2D eigenvalue weighted by Crippen LogP contribution is -2.13. The number of nitro groups is 1. The first-order valence-corrected chi connectivity index (χ1v) is 7.46. The molecule has 2 aromatic carbocycles. The van der Waals surface area contributed by atoms with Crippen LogP contribution in [0.2, 0.25) is 0 Å². The summed E-state index contributed by atoms with van der Waals surface area (Å²) in [4.78, 5) is 9.56. The van der Waals surface area contributed by atoms with Gasteiger partial charge in [0, 0.05) is 6.07 Å². The van der Waals surface area contributed by atoms with E-state index in [2.05, 4.69) is 4.72 Å². The van der Waals surface area contributed by atoms with Gasteiger partial charge >= 0.3 is 5.69 Å². The molecule has 0 bridgehead atoms. The molecule has 0 amide bonds. The molecule has 2 aromatic rings. The van der Waals surface area contributed by atoms with Crippen molar-refractivity contribution in [3.8, 4) is 11.5 Å². The second-order valence-corrected chi connectivity index (χ2v) is 5.90. The third-order valence-corrected chi connectivity index (χ3v) is 4.17. The van der Waals surface area contributed by atoms with Gasteiger partial charge in [-0.05, 0) is 24.3 Å². The Bertz CT molecular complexity index is 819. The largest absolute Gasteiger partial charge is 0.502 e. The molecule has 22 heavy (non-hydrogen) atoms. The van der Waals surface area contributed by atoms with Gasteiger partial charge in [0.2, 0.25) is 0 Å². The minimum Gasteiger partial charge on any atom is -0.502 e. The molecule has 0 atom stereocenters. The van der Waals surface area contributed by atoms with Gasteiger partial charge < -0.3 is 9.84 Å². The first kappa shape index (κ1) is 15.6. The zero-order chi connectivity index (χ0) is 16.3. The summed E-state index contributed by atoms with van der Waals surface area (Å²) in [6.45, 7) is 0. The van der Waals surface area contributed by atoms with Gasteiger partial charge in [0.15, 0.2) is 5.75 Å². The molecule has 0 spiro atoms. The molecule has 0 aliphatic rings. The Balaban J connectivity index is 2.43. The number of hydrogen-bond donors (Lipinski definition) is 2. The number of ether oxygens (including phenoxy) is 1. The highest BCUT2D eigenvalue weighted by Crippen LogP contribution is 2.30. The van der Waals surface area contributed by atoms with Crippen molar-refractivity contribution in [3.63, 3.8) is 0 Å². The standard InChI is InChI=1S/C13H12N2O6S/c1-21-13-5-3-2-4-10(13)14-22(19,20)9-6-7-12(16)11(8-9)15(17)18/h2-8,14,16H,1H3. The summed E-state index contributed by atoms with van der Waals surface area (Å²) in [7, 11) is -2.68. The number of hydrogen-bond acceptors (Lipinski definition) is 6.